The predicted octanol–water partition coefficient (Wildman–Crippen LogP) is 4.38. The molecular weight excluding hydrogens is 318 g/mol. The van der Waals surface area contributed by atoms with Crippen LogP contribution in [0.3, 0.4) is 0 Å². The summed E-state index contributed by atoms with van der Waals surface area (Å²) in [6, 6.07) is 9.28. The third-order valence-corrected chi connectivity index (χ3v) is 3.03. The van der Waals surface area contributed by atoms with E-state index in [1.54, 1.807) is 13.3 Å². The number of pyridine rings is 1. The van der Waals surface area contributed by atoms with Gasteiger partial charge in [-0.15, -0.1) is 11.6 Å². The van der Waals surface area contributed by atoms with Crippen LogP contribution < -0.4 is 9.47 Å². The minimum atomic E-state index is 0.330. The van der Waals surface area contributed by atoms with Gasteiger partial charge in [0.15, 0.2) is 11.5 Å². The number of methoxy groups -OCH3 is 1. The van der Waals surface area contributed by atoms with Crippen LogP contribution in [-0.4, -0.2) is 12.1 Å². The van der Waals surface area contributed by atoms with Crippen LogP contribution in [0.5, 0.6) is 17.4 Å². The average Bonchev–Trinajstić information content (AvgIpc) is 2.41. The molecule has 0 aliphatic rings. The number of nitrogens with zero attached hydrogens (tertiary/aromatic N) is 1. The molecule has 0 aliphatic carbocycles. The van der Waals surface area contributed by atoms with Gasteiger partial charge in [-0.05, 0) is 34.1 Å². The lowest BCUT2D eigenvalue weighted by Gasteiger charge is -2.11. The van der Waals surface area contributed by atoms with Crippen LogP contribution >= 0.6 is 27.5 Å². The Balaban J connectivity index is 2.33. The van der Waals surface area contributed by atoms with Crippen LogP contribution in [0.15, 0.2) is 41.0 Å². The largest absolute Gasteiger partial charge is 0.493 e. The number of hydrogen-bond donors (Lipinski definition) is 0. The first-order valence-electron chi connectivity index (χ1n) is 5.26. The fraction of sp³-hybridized carbons (Fsp3) is 0.154. The Labute approximate surface area is 119 Å². The van der Waals surface area contributed by atoms with Crippen LogP contribution in [-0.2, 0) is 5.88 Å². The van der Waals surface area contributed by atoms with Crippen molar-refractivity contribution in [1.29, 1.82) is 0 Å². The number of alkyl halides is 1. The predicted molar refractivity (Wildman–Crippen MR) is 74.6 cm³/mol. The molecule has 1 heterocycles. The number of benzene rings is 1. The summed E-state index contributed by atoms with van der Waals surface area (Å²) < 4.78 is 11.8. The lowest BCUT2D eigenvalue weighted by atomic mass is 10.3. The molecule has 2 rings (SSSR count). The van der Waals surface area contributed by atoms with Crippen molar-refractivity contribution < 1.29 is 9.47 Å². The summed E-state index contributed by atoms with van der Waals surface area (Å²) in [5.74, 6) is 2.08. The van der Waals surface area contributed by atoms with Gasteiger partial charge in [0.2, 0.25) is 5.88 Å². The molecule has 0 radical (unpaired) electrons. The number of aromatic nitrogens is 1. The smallest absolute Gasteiger partial charge is 0.223 e. The van der Waals surface area contributed by atoms with Crippen molar-refractivity contribution in [1.82, 2.24) is 4.98 Å². The SMILES string of the molecule is COc1ccccc1Oc1ncc(Br)cc1CCl. The number of para-hydroxylation sites is 2. The van der Waals surface area contributed by atoms with E-state index in [1.807, 2.05) is 30.3 Å². The highest BCUT2D eigenvalue weighted by Crippen LogP contribution is 2.32. The summed E-state index contributed by atoms with van der Waals surface area (Å²) in [5.41, 5.74) is 0.817. The van der Waals surface area contributed by atoms with Gasteiger partial charge in [-0.25, -0.2) is 4.98 Å². The van der Waals surface area contributed by atoms with Gasteiger partial charge in [0.05, 0.1) is 13.0 Å². The topological polar surface area (TPSA) is 31.4 Å². The summed E-state index contributed by atoms with van der Waals surface area (Å²) >= 11 is 9.22. The lowest BCUT2D eigenvalue weighted by Crippen LogP contribution is -1.95. The van der Waals surface area contributed by atoms with E-state index in [0.29, 0.717) is 23.3 Å². The van der Waals surface area contributed by atoms with Gasteiger partial charge in [-0.1, -0.05) is 12.1 Å². The maximum atomic E-state index is 5.87. The molecule has 1 aromatic carbocycles. The summed E-state index contributed by atoms with van der Waals surface area (Å²) in [5, 5.41) is 0. The molecule has 18 heavy (non-hydrogen) atoms. The quantitative estimate of drug-likeness (QED) is 0.780. The van der Waals surface area contributed by atoms with E-state index in [1.165, 1.54) is 0 Å². The van der Waals surface area contributed by atoms with E-state index < -0.39 is 0 Å². The molecule has 5 heteroatoms. The zero-order chi connectivity index (χ0) is 13.0. The fourth-order valence-corrected chi connectivity index (χ4v) is 2.03. The molecule has 0 fully saturated rings. The van der Waals surface area contributed by atoms with Crippen molar-refractivity contribution in [3.8, 4) is 17.4 Å². The molecule has 0 N–H and O–H groups in total. The van der Waals surface area contributed by atoms with Crippen molar-refractivity contribution in [2.75, 3.05) is 7.11 Å². The first-order valence-corrected chi connectivity index (χ1v) is 6.58. The molecule has 94 valence electrons. The number of hydrogen-bond acceptors (Lipinski definition) is 3. The van der Waals surface area contributed by atoms with Crippen molar-refractivity contribution in [3.05, 3.63) is 46.6 Å². The fourth-order valence-electron chi connectivity index (χ4n) is 1.46. The van der Waals surface area contributed by atoms with Gasteiger partial charge in [0.1, 0.15) is 0 Å². The third kappa shape index (κ3) is 2.94. The average molecular weight is 329 g/mol. The lowest BCUT2D eigenvalue weighted by molar-refractivity contribution is 0.373. The highest BCUT2D eigenvalue weighted by molar-refractivity contribution is 9.10. The van der Waals surface area contributed by atoms with E-state index in [4.69, 9.17) is 21.1 Å². The van der Waals surface area contributed by atoms with Crippen LogP contribution in [0, 0.1) is 0 Å². The second-order valence-electron chi connectivity index (χ2n) is 3.50. The molecule has 0 unspecified atom stereocenters. The zero-order valence-electron chi connectivity index (χ0n) is 9.69. The molecule has 0 aliphatic heterocycles. The Kier molecular flexibility index (Phi) is 4.44. The van der Waals surface area contributed by atoms with Crippen molar-refractivity contribution in [2.24, 2.45) is 0 Å². The van der Waals surface area contributed by atoms with Crippen molar-refractivity contribution >= 4 is 27.5 Å². The van der Waals surface area contributed by atoms with Gasteiger partial charge < -0.3 is 9.47 Å². The Hall–Kier alpha value is -1.26. The van der Waals surface area contributed by atoms with Gasteiger partial charge in [0, 0.05) is 16.2 Å². The van der Waals surface area contributed by atoms with Crippen LogP contribution in [0.2, 0.25) is 0 Å². The van der Waals surface area contributed by atoms with Gasteiger partial charge in [-0.3, -0.25) is 0 Å². The van der Waals surface area contributed by atoms with Crippen LogP contribution in [0.4, 0.5) is 0 Å². The Morgan fingerprint density at radius 2 is 2.00 bits per heavy atom. The second-order valence-corrected chi connectivity index (χ2v) is 4.69. The van der Waals surface area contributed by atoms with Crippen LogP contribution in [0.25, 0.3) is 0 Å². The molecule has 0 saturated heterocycles. The molecule has 3 nitrogen and oxygen atoms in total. The molecule has 0 bridgehead atoms. The summed E-state index contributed by atoms with van der Waals surface area (Å²) in [6.07, 6.45) is 1.67. The number of rotatable bonds is 4. The normalized spacial score (nSPS) is 10.2. The molecule has 0 atom stereocenters. The number of ether oxygens (including phenoxy) is 2. The third-order valence-electron chi connectivity index (χ3n) is 2.31. The second kappa shape index (κ2) is 6.07. The maximum absolute atomic E-state index is 5.87. The van der Waals surface area contributed by atoms with E-state index in [0.717, 1.165) is 10.0 Å². The molecule has 0 saturated carbocycles. The Morgan fingerprint density at radius 1 is 1.28 bits per heavy atom. The van der Waals surface area contributed by atoms with Gasteiger partial charge >= 0.3 is 0 Å². The monoisotopic (exact) mass is 327 g/mol. The minimum absolute atomic E-state index is 0.330. The van der Waals surface area contributed by atoms with Crippen molar-refractivity contribution in [3.63, 3.8) is 0 Å². The van der Waals surface area contributed by atoms with E-state index >= 15 is 0 Å². The number of halogens is 2. The standard InChI is InChI=1S/C13H11BrClNO2/c1-17-11-4-2-3-5-12(11)18-13-9(7-15)6-10(14)8-16-13/h2-6,8H,7H2,1H3. The molecule has 0 amide bonds. The summed E-state index contributed by atoms with van der Waals surface area (Å²) in [6.45, 7) is 0. The zero-order valence-corrected chi connectivity index (χ0v) is 12.0. The van der Waals surface area contributed by atoms with Crippen LogP contribution in [0.1, 0.15) is 5.56 Å². The van der Waals surface area contributed by atoms with Gasteiger partial charge in [-0.2, -0.15) is 0 Å². The van der Waals surface area contributed by atoms with E-state index in [9.17, 15) is 0 Å². The molecule has 2 aromatic rings. The highest BCUT2D eigenvalue weighted by Gasteiger charge is 2.09. The maximum Gasteiger partial charge on any atom is 0.223 e. The van der Waals surface area contributed by atoms with Gasteiger partial charge in [0.25, 0.3) is 0 Å². The van der Waals surface area contributed by atoms with E-state index in [-0.39, 0.29) is 0 Å². The Morgan fingerprint density at radius 3 is 2.67 bits per heavy atom. The summed E-state index contributed by atoms with van der Waals surface area (Å²) in [4.78, 5) is 4.21. The molecular formula is C13H11BrClNO2. The first-order chi connectivity index (χ1) is 8.74. The van der Waals surface area contributed by atoms with Crippen molar-refractivity contribution in [2.45, 2.75) is 5.88 Å². The summed E-state index contributed by atoms with van der Waals surface area (Å²) in [7, 11) is 1.60. The molecule has 0 spiro atoms. The molecule has 1 aromatic heterocycles. The minimum Gasteiger partial charge on any atom is -0.493 e. The Bertz CT molecular complexity index is 548. The first kappa shape index (κ1) is 13.2. The highest BCUT2D eigenvalue weighted by atomic mass is 79.9. The van der Waals surface area contributed by atoms with E-state index in [2.05, 4.69) is 20.9 Å².